The standard InChI is InChI=1S/C20H24FN3O2/c1-4-5-19(25)23-16-9-6-14(7-10-16)13-22-20(26)15-8-11-18(24(2)3)17(21)12-15/h6-12H,4-5,13H2,1-3H3,(H,22,26)(H,23,25). The Balaban J connectivity index is 1.93. The molecule has 2 N–H and O–H groups in total. The van der Waals surface area contributed by atoms with E-state index < -0.39 is 5.82 Å². The molecule has 2 aromatic rings. The van der Waals surface area contributed by atoms with E-state index in [2.05, 4.69) is 10.6 Å². The summed E-state index contributed by atoms with van der Waals surface area (Å²) in [5.41, 5.74) is 2.32. The number of carbonyl (C=O) groups is 2. The minimum absolute atomic E-state index is 0.0169. The highest BCUT2D eigenvalue weighted by Crippen LogP contribution is 2.18. The van der Waals surface area contributed by atoms with Crippen LogP contribution in [0.5, 0.6) is 0 Å². The summed E-state index contributed by atoms with van der Waals surface area (Å²) in [5, 5.41) is 5.57. The van der Waals surface area contributed by atoms with Crippen molar-refractivity contribution in [3.8, 4) is 0 Å². The Hall–Kier alpha value is -2.89. The number of benzene rings is 2. The number of hydrogen-bond acceptors (Lipinski definition) is 3. The van der Waals surface area contributed by atoms with Crippen molar-refractivity contribution in [2.24, 2.45) is 0 Å². The smallest absolute Gasteiger partial charge is 0.251 e. The Kier molecular flexibility index (Phi) is 6.72. The van der Waals surface area contributed by atoms with Gasteiger partial charge in [-0.15, -0.1) is 0 Å². The van der Waals surface area contributed by atoms with E-state index in [0.717, 1.165) is 17.7 Å². The summed E-state index contributed by atoms with van der Waals surface area (Å²) in [6, 6.07) is 11.7. The first-order valence-electron chi connectivity index (χ1n) is 8.54. The van der Waals surface area contributed by atoms with Crippen LogP contribution in [0.2, 0.25) is 0 Å². The predicted molar refractivity (Wildman–Crippen MR) is 102 cm³/mol. The van der Waals surface area contributed by atoms with Crippen LogP contribution in [0.1, 0.15) is 35.7 Å². The minimum Gasteiger partial charge on any atom is -0.375 e. The van der Waals surface area contributed by atoms with E-state index in [4.69, 9.17) is 0 Å². The van der Waals surface area contributed by atoms with E-state index in [-0.39, 0.29) is 17.4 Å². The quantitative estimate of drug-likeness (QED) is 0.796. The molecule has 0 aliphatic carbocycles. The monoisotopic (exact) mass is 357 g/mol. The van der Waals surface area contributed by atoms with E-state index in [1.165, 1.54) is 6.07 Å². The first-order chi connectivity index (χ1) is 12.4. The number of anilines is 2. The third kappa shape index (κ3) is 5.31. The Morgan fingerprint density at radius 1 is 1.08 bits per heavy atom. The second-order valence-electron chi connectivity index (χ2n) is 6.24. The molecule has 2 amide bonds. The molecule has 0 aliphatic rings. The fraction of sp³-hybridized carbons (Fsp3) is 0.300. The van der Waals surface area contributed by atoms with Gasteiger partial charge in [0.15, 0.2) is 0 Å². The van der Waals surface area contributed by atoms with Crippen molar-refractivity contribution < 1.29 is 14.0 Å². The zero-order valence-corrected chi connectivity index (χ0v) is 15.3. The molecular formula is C20H24FN3O2. The molecule has 0 saturated heterocycles. The van der Waals surface area contributed by atoms with E-state index in [9.17, 15) is 14.0 Å². The molecule has 0 unspecified atom stereocenters. The third-order valence-corrected chi connectivity index (χ3v) is 3.86. The van der Waals surface area contributed by atoms with Crippen LogP contribution < -0.4 is 15.5 Å². The van der Waals surface area contributed by atoms with Crippen molar-refractivity contribution in [1.29, 1.82) is 0 Å². The zero-order valence-electron chi connectivity index (χ0n) is 15.3. The summed E-state index contributed by atoms with van der Waals surface area (Å²) < 4.78 is 14.0. The second kappa shape index (κ2) is 8.99. The molecule has 5 nitrogen and oxygen atoms in total. The fourth-order valence-corrected chi connectivity index (χ4v) is 2.45. The molecule has 0 atom stereocenters. The second-order valence-corrected chi connectivity index (χ2v) is 6.24. The topological polar surface area (TPSA) is 61.4 Å². The van der Waals surface area contributed by atoms with E-state index >= 15 is 0 Å². The number of nitrogens with one attached hydrogen (secondary N) is 2. The SMILES string of the molecule is CCCC(=O)Nc1ccc(CNC(=O)c2ccc(N(C)C)c(F)c2)cc1. The predicted octanol–water partition coefficient (Wildman–Crippen LogP) is 3.56. The van der Waals surface area contributed by atoms with Gasteiger partial charge in [-0.3, -0.25) is 9.59 Å². The van der Waals surface area contributed by atoms with E-state index in [0.29, 0.717) is 18.7 Å². The summed E-state index contributed by atoms with van der Waals surface area (Å²) in [6.45, 7) is 2.27. The van der Waals surface area contributed by atoms with Crippen molar-refractivity contribution in [3.05, 3.63) is 59.4 Å². The molecule has 26 heavy (non-hydrogen) atoms. The van der Waals surface area contributed by atoms with Crippen LogP contribution in [-0.2, 0) is 11.3 Å². The highest BCUT2D eigenvalue weighted by Gasteiger charge is 2.10. The minimum atomic E-state index is -0.435. The zero-order chi connectivity index (χ0) is 19.1. The maximum absolute atomic E-state index is 14.0. The molecular weight excluding hydrogens is 333 g/mol. The van der Waals surface area contributed by atoms with Crippen LogP contribution in [0.4, 0.5) is 15.8 Å². The van der Waals surface area contributed by atoms with Crippen LogP contribution in [0.15, 0.2) is 42.5 Å². The number of rotatable bonds is 7. The third-order valence-electron chi connectivity index (χ3n) is 3.86. The number of halogens is 1. The van der Waals surface area contributed by atoms with Gasteiger partial charge in [0.1, 0.15) is 5.82 Å². The van der Waals surface area contributed by atoms with E-state index in [1.54, 1.807) is 43.3 Å². The molecule has 0 spiro atoms. The van der Waals surface area contributed by atoms with Gasteiger partial charge in [-0.2, -0.15) is 0 Å². The Morgan fingerprint density at radius 2 is 1.77 bits per heavy atom. The maximum atomic E-state index is 14.0. The lowest BCUT2D eigenvalue weighted by molar-refractivity contribution is -0.116. The highest BCUT2D eigenvalue weighted by molar-refractivity contribution is 5.94. The number of nitrogens with zero attached hydrogens (tertiary/aromatic N) is 1. The number of hydrogen-bond donors (Lipinski definition) is 2. The first-order valence-corrected chi connectivity index (χ1v) is 8.54. The normalized spacial score (nSPS) is 10.3. The summed E-state index contributed by atoms with van der Waals surface area (Å²) in [4.78, 5) is 25.4. The molecule has 0 fully saturated rings. The first kappa shape index (κ1) is 19.4. The molecule has 0 heterocycles. The van der Waals surface area contributed by atoms with Gasteiger partial charge in [0, 0.05) is 38.3 Å². The molecule has 6 heteroatoms. The van der Waals surface area contributed by atoms with Gasteiger partial charge in [0.2, 0.25) is 5.91 Å². The lowest BCUT2D eigenvalue weighted by Gasteiger charge is -2.14. The lowest BCUT2D eigenvalue weighted by Crippen LogP contribution is -2.23. The molecule has 0 aromatic heterocycles. The number of amides is 2. The average Bonchev–Trinajstić information content (AvgIpc) is 2.60. The van der Waals surface area contributed by atoms with Gasteiger partial charge >= 0.3 is 0 Å². The van der Waals surface area contributed by atoms with Gasteiger partial charge < -0.3 is 15.5 Å². The van der Waals surface area contributed by atoms with Crippen LogP contribution in [0.25, 0.3) is 0 Å². The van der Waals surface area contributed by atoms with Gasteiger partial charge in [-0.05, 0) is 42.3 Å². The summed E-state index contributed by atoms with van der Waals surface area (Å²) in [6.07, 6.45) is 1.28. The molecule has 0 bridgehead atoms. The van der Waals surface area contributed by atoms with Crippen LogP contribution in [0.3, 0.4) is 0 Å². The van der Waals surface area contributed by atoms with Gasteiger partial charge in [0.05, 0.1) is 5.69 Å². The van der Waals surface area contributed by atoms with Crippen molar-refractivity contribution in [3.63, 3.8) is 0 Å². The Labute approximate surface area is 153 Å². The summed E-state index contributed by atoms with van der Waals surface area (Å²) in [7, 11) is 3.49. The molecule has 138 valence electrons. The maximum Gasteiger partial charge on any atom is 0.251 e. The summed E-state index contributed by atoms with van der Waals surface area (Å²) in [5.74, 6) is -0.791. The highest BCUT2D eigenvalue weighted by atomic mass is 19.1. The van der Waals surface area contributed by atoms with Crippen LogP contribution in [0, 0.1) is 5.82 Å². The largest absolute Gasteiger partial charge is 0.375 e. The van der Waals surface area contributed by atoms with Crippen molar-refractivity contribution in [2.75, 3.05) is 24.3 Å². The van der Waals surface area contributed by atoms with Crippen molar-refractivity contribution in [1.82, 2.24) is 5.32 Å². The van der Waals surface area contributed by atoms with Crippen molar-refractivity contribution in [2.45, 2.75) is 26.3 Å². The van der Waals surface area contributed by atoms with Crippen LogP contribution >= 0.6 is 0 Å². The molecule has 2 rings (SSSR count). The molecule has 0 saturated carbocycles. The van der Waals surface area contributed by atoms with Gasteiger partial charge in [-0.25, -0.2) is 4.39 Å². The fourth-order valence-electron chi connectivity index (χ4n) is 2.45. The summed E-state index contributed by atoms with van der Waals surface area (Å²) >= 11 is 0. The van der Waals surface area contributed by atoms with Crippen molar-refractivity contribution >= 4 is 23.2 Å². The molecule has 2 aromatic carbocycles. The number of carbonyl (C=O) groups excluding carboxylic acids is 2. The Morgan fingerprint density at radius 3 is 2.35 bits per heavy atom. The average molecular weight is 357 g/mol. The van der Waals surface area contributed by atoms with E-state index in [1.807, 2.05) is 19.1 Å². The molecule has 0 aliphatic heterocycles. The molecule has 0 radical (unpaired) electrons. The lowest BCUT2D eigenvalue weighted by atomic mass is 10.1. The Bertz CT molecular complexity index is 773. The van der Waals surface area contributed by atoms with Crippen LogP contribution in [-0.4, -0.2) is 25.9 Å². The van der Waals surface area contributed by atoms with Gasteiger partial charge in [0.25, 0.3) is 5.91 Å². The van der Waals surface area contributed by atoms with Gasteiger partial charge in [-0.1, -0.05) is 19.1 Å².